The van der Waals surface area contributed by atoms with Crippen molar-refractivity contribution in [2.45, 2.75) is 55.6 Å². The Bertz CT molecular complexity index is 376. The van der Waals surface area contributed by atoms with Gasteiger partial charge in [-0.25, -0.2) is 17.2 Å². The molecule has 0 radical (unpaired) electrons. The number of rotatable bonds is 4. The first-order chi connectivity index (χ1) is 7.27. The lowest BCUT2D eigenvalue weighted by Crippen LogP contribution is -2.25. The van der Waals surface area contributed by atoms with Gasteiger partial charge in [0.15, 0.2) is 0 Å². The Labute approximate surface area is 98.8 Å². The lowest BCUT2D eigenvalue weighted by Gasteiger charge is -2.20. The van der Waals surface area contributed by atoms with Crippen molar-refractivity contribution >= 4 is 19.7 Å². The molecule has 0 saturated heterocycles. The van der Waals surface area contributed by atoms with Crippen LogP contribution >= 0.6 is 10.7 Å². The fourth-order valence-electron chi connectivity index (χ4n) is 2.55. The summed E-state index contributed by atoms with van der Waals surface area (Å²) in [7, 11) is 1.74. The van der Waals surface area contributed by atoms with Crippen LogP contribution in [0.3, 0.4) is 0 Å². The van der Waals surface area contributed by atoms with Gasteiger partial charge < -0.3 is 0 Å². The van der Waals surface area contributed by atoms with E-state index in [1.807, 2.05) is 0 Å². The second kappa shape index (κ2) is 3.80. The summed E-state index contributed by atoms with van der Waals surface area (Å²) >= 11 is 0. The van der Waals surface area contributed by atoms with E-state index in [0.717, 1.165) is 0 Å². The molecular formula is C10H15ClF2O2S. The largest absolute Gasteiger partial charge is 0.250 e. The molecule has 16 heavy (non-hydrogen) atoms. The summed E-state index contributed by atoms with van der Waals surface area (Å²) in [5.41, 5.74) is 0. The van der Waals surface area contributed by atoms with Crippen molar-refractivity contribution in [2.75, 3.05) is 0 Å². The Morgan fingerprint density at radius 3 is 2.25 bits per heavy atom. The molecule has 0 spiro atoms. The van der Waals surface area contributed by atoms with Gasteiger partial charge in [-0.05, 0) is 38.5 Å². The molecule has 1 unspecified atom stereocenters. The third-order valence-corrected chi connectivity index (χ3v) is 6.56. The first-order valence-corrected chi connectivity index (χ1v) is 7.90. The normalized spacial score (nSPS) is 31.6. The summed E-state index contributed by atoms with van der Waals surface area (Å²) in [5.74, 6) is -3.25. The van der Waals surface area contributed by atoms with E-state index in [9.17, 15) is 17.2 Å². The molecule has 0 heterocycles. The van der Waals surface area contributed by atoms with Crippen molar-refractivity contribution in [3.05, 3.63) is 0 Å². The molecule has 2 aliphatic carbocycles. The van der Waals surface area contributed by atoms with E-state index in [4.69, 9.17) is 10.7 Å². The molecule has 2 aliphatic rings. The molecule has 0 N–H and O–H groups in total. The van der Waals surface area contributed by atoms with Crippen molar-refractivity contribution in [1.82, 2.24) is 0 Å². The average Bonchev–Trinajstić information content (AvgIpc) is 2.84. The number of alkyl halides is 2. The Morgan fingerprint density at radius 1 is 1.25 bits per heavy atom. The van der Waals surface area contributed by atoms with Crippen LogP contribution in [0.5, 0.6) is 0 Å². The average molecular weight is 273 g/mol. The molecule has 6 heteroatoms. The Balaban J connectivity index is 1.94. The third-order valence-electron chi connectivity index (χ3n) is 3.93. The Hall–Kier alpha value is 0.1000. The molecule has 2 nitrogen and oxygen atoms in total. The highest BCUT2D eigenvalue weighted by molar-refractivity contribution is 8.15. The molecule has 0 aliphatic heterocycles. The van der Waals surface area contributed by atoms with Gasteiger partial charge in [-0.15, -0.1) is 0 Å². The summed E-state index contributed by atoms with van der Waals surface area (Å²) in [6.07, 6.45) is 2.61. The molecule has 94 valence electrons. The highest BCUT2D eigenvalue weighted by Crippen LogP contribution is 2.52. The van der Waals surface area contributed by atoms with E-state index >= 15 is 0 Å². The molecule has 0 aromatic rings. The molecule has 0 aromatic heterocycles. The minimum atomic E-state index is -3.59. The second-order valence-corrected chi connectivity index (χ2v) is 7.97. The van der Waals surface area contributed by atoms with Gasteiger partial charge >= 0.3 is 0 Å². The third kappa shape index (κ3) is 2.21. The van der Waals surface area contributed by atoms with Crippen LogP contribution in [0.1, 0.15) is 44.9 Å². The fraction of sp³-hybridized carbons (Fsp3) is 1.00. The predicted octanol–water partition coefficient (Wildman–Crippen LogP) is 3.30. The highest BCUT2D eigenvalue weighted by atomic mass is 35.7. The van der Waals surface area contributed by atoms with Crippen LogP contribution in [0.2, 0.25) is 0 Å². The Morgan fingerprint density at radius 2 is 1.88 bits per heavy atom. The predicted molar refractivity (Wildman–Crippen MR) is 58.3 cm³/mol. The van der Waals surface area contributed by atoms with Gasteiger partial charge in [-0.2, -0.15) is 0 Å². The van der Waals surface area contributed by atoms with Crippen LogP contribution in [0.4, 0.5) is 8.78 Å². The standard InChI is InChI=1S/C10H15ClF2O2S/c11-16(14,15)9(6-7-9)5-3-8-2-1-4-10(8,12)13/h8H,1-7H2. The number of hydrogen-bond donors (Lipinski definition) is 0. The molecule has 1 atom stereocenters. The van der Waals surface area contributed by atoms with E-state index in [1.165, 1.54) is 0 Å². The van der Waals surface area contributed by atoms with Crippen molar-refractivity contribution < 1.29 is 17.2 Å². The molecule has 0 aromatic carbocycles. The summed E-state index contributed by atoms with van der Waals surface area (Å²) in [6.45, 7) is 0. The fourth-order valence-corrected chi connectivity index (χ4v) is 4.19. The molecule has 2 rings (SSSR count). The van der Waals surface area contributed by atoms with Crippen molar-refractivity contribution in [1.29, 1.82) is 0 Å². The first-order valence-electron chi connectivity index (χ1n) is 5.59. The molecule has 2 saturated carbocycles. The SMILES string of the molecule is O=S(=O)(Cl)C1(CCC2CCCC2(F)F)CC1. The van der Waals surface area contributed by atoms with E-state index in [2.05, 4.69) is 0 Å². The summed E-state index contributed by atoms with van der Waals surface area (Å²) < 4.78 is 48.3. The van der Waals surface area contributed by atoms with Crippen molar-refractivity contribution in [3.8, 4) is 0 Å². The zero-order chi connectivity index (χ0) is 12.0. The lowest BCUT2D eigenvalue weighted by molar-refractivity contribution is -0.0401. The highest BCUT2D eigenvalue weighted by Gasteiger charge is 2.54. The van der Waals surface area contributed by atoms with Crippen molar-refractivity contribution in [3.63, 3.8) is 0 Å². The monoisotopic (exact) mass is 272 g/mol. The van der Waals surface area contributed by atoms with Gasteiger partial charge in [0.25, 0.3) is 5.92 Å². The number of halogens is 3. The van der Waals surface area contributed by atoms with Gasteiger partial charge in [0.2, 0.25) is 9.05 Å². The van der Waals surface area contributed by atoms with Gasteiger partial charge in [0.05, 0.1) is 4.75 Å². The van der Waals surface area contributed by atoms with Crippen LogP contribution < -0.4 is 0 Å². The van der Waals surface area contributed by atoms with Crippen LogP contribution in [-0.4, -0.2) is 19.1 Å². The van der Waals surface area contributed by atoms with Gasteiger partial charge in [-0.1, -0.05) is 0 Å². The van der Waals surface area contributed by atoms with E-state index in [1.54, 1.807) is 0 Å². The minimum Gasteiger partial charge on any atom is -0.212 e. The zero-order valence-corrected chi connectivity index (χ0v) is 10.5. The van der Waals surface area contributed by atoms with Crippen LogP contribution in [0.15, 0.2) is 0 Å². The lowest BCUT2D eigenvalue weighted by atomic mass is 9.97. The smallest absolute Gasteiger partial charge is 0.212 e. The van der Waals surface area contributed by atoms with Gasteiger partial charge in [-0.3, -0.25) is 0 Å². The molecule has 0 bridgehead atoms. The van der Waals surface area contributed by atoms with Gasteiger partial charge in [0, 0.05) is 23.0 Å². The molecule has 2 fully saturated rings. The topological polar surface area (TPSA) is 34.1 Å². The maximum absolute atomic E-state index is 13.3. The summed E-state index contributed by atoms with van der Waals surface area (Å²) in [5, 5.41) is 0. The minimum absolute atomic E-state index is 0.0573. The molecule has 0 amide bonds. The van der Waals surface area contributed by atoms with E-state index < -0.39 is 25.6 Å². The van der Waals surface area contributed by atoms with Crippen molar-refractivity contribution in [2.24, 2.45) is 5.92 Å². The second-order valence-electron chi connectivity index (χ2n) is 5.01. The summed E-state index contributed by atoms with van der Waals surface area (Å²) in [6, 6.07) is 0. The Kier molecular flexibility index (Phi) is 2.98. The number of hydrogen-bond acceptors (Lipinski definition) is 2. The maximum atomic E-state index is 13.3. The zero-order valence-electron chi connectivity index (χ0n) is 8.89. The van der Waals surface area contributed by atoms with E-state index in [0.29, 0.717) is 32.1 Å². The first kappa shape index (κ1) is 12.6. The van der Waals surface area contributed by atoms with Crippen LogP contribution in [0, 0.1) is 5.92 Å². The molecular weight excluding hydrogens is 258 g/mol. The summed E-state index contributed by atoms with van der Waals surface area (Å²) in [4.78, 5) is 0. The quantitative estimate of drug-likeness (QED) is 0.736. The van der Waals surface area contributed by atoms with E-state index in [-0.39, 0.29) is 12.8 Å². The van der Waals surface area contributed by atoms with Gasteiger partial charge in [0.1, 0.15) is 0 Å². The van der Waals surface area contributed by atoms with Crippen LogP contribution in [-0.2, 0) is 9.05 Å². The maximum Gasteiger partial charge on any atom is 0.250 e. The van der Waals surface area contributed by atoms with Crippen LogP contribution in [0.25, 0.3) is 0 Å².